The van der Waals surface area contributed by atoms with Crippen molar-refractivity contribution in [3.05, 3.63) is 0 Å². The summed E-state index contributed by atoms with van der Waals surface area (Å²) in [5.74, 6) is 3.69. The highest BCUT2D eigenvalue weighted by Crippen LogP contribution is 2.37. The second-order valence-corrected chi connectivity index (χ2v) is 6.83. The van der Waals surface area contributed by atoms with Crippen LogP contribution in [-0.2, 0) is 0 Å². The summed E-state index contributed by atoms with van der Waals surface area (Å²) >= 11 is 0. The second-order valence-electron chi connectivity index (χ2n) is 6.83. The molecule has 1 N–H and O–H groups in total. The Bertz CT molecular complexity index is 256. The molecule has 0 heterocycles. The van der Waals surface area contributed by atoms with Crippen LogP contribution in [0.15, 0.2) is 0 Å². The first-order chi connectivity index (χ1) is 7.24. The zero-order valence-electron chi connectivity index (χ0n) is 11.6. The average Bonchev–Trinajstić information content (AvgIpc) is 2.16. The van der Waals surface area contributed by atoms with Crippen LogP contribution in [0.5, 0.6) is 0 Å². The van der Waals surface area contributed by atoms with Crippen LogP contribution >= 0.6 is 0 Å². The van der Waals surface area contributed by atoms with Crippen molar-refractivity contribution >= 4 is 0 Å². The minimum Gasteiger partial charge on any atom is -0.299 e. The van der Waals surface area contributed by atoms with Gasteiger partial charge in [-0.2, -0.15) is 0 Å². The van der Waals surface area contributed by atoms with Crippen LogP contribution in [0.1, 0.15) is 60.3 Å². The van der Waals surface area contributed by atoms with Crippen LogP contribution in [0, 0.1) is 23.7 Å². The zero-order valence-corrected chi connectivity index (χ0v) is 11.6. The van der Waals surface area contributed by atoms with Crippen molar-refractivity contribution in [3.8, 4) is 12.3 Å². The summed E-state index contributed by atoms with van der Waals surface area (Å²) in [5, 5.41) is 3.58. The van der Waals surface area contributed by atoms with Gasteiger partial charge < -0.3 is 0 Å². The van der Waals surface area contributed by atoms with Crippen LogP contribution in [0.3, 0.4) is 0 Å². The van der Waals surface area contributed by atoms with Gasteiger partial charge in [0, 0.05) is 6.04 Å². The van der Waals surface area contributed by atoms with E-state index in [0.29, 0.717) is 11.5 Å². The van der Waals surface area contributed by atoms with Gasteiger partial charge >= 0.3 is 0 Å². The van der Waals surface area contributed by atoms with Crippen molar-refractivity contribution in [2.24, 2.45) is 11.3 Å². The van der Waals surface area contributed by atoms with Gasteiger partial charge in [0.15, 0.2) is 0 Å². The summed E-state index contributed by atoms with van der Waals surface area (Å²) in [6, 6.07) is 0.615. The molecule has 1 saturated carbocycles. The first-order valence-corrected chi connectivity index (χ1v) is 6.50. The van der Waals surface area contributed by atoms with E-state index in [-0.39, 0.29) is 5.54 Å². The number of hydrogen-bond donors (Lipinski definition) is 1. The predicted molar refractivity (Wildman–Crippen MR) is 71.2 cm³/mol. The Morgan fingerprint density at radius 2 is 1.50 bits per heavy atom. The molecule has 0 aliphatic heterocycles. The van der Waals surface area contributed by atoms with E-state index in [2.05, 4.69) is 45.9 Å². The average molecular weight is 221 g/mol. The van der Waals surface area contributed by atoms with Gasteiger partial charge in [-0.1, -0.05) is 26.7 Å². The molecule has 0 amide bonds. The highest BCUT2D eigenvalue weighted by Gasteiger charge is 2.31. The van der Waals surface area contributed by atoms with E-state index in [9.17, 15) is 0 Å². The largest absolute Gasteiger partial charge is 0.299 e. The third-order valence-electron chi connectivity index (χ3n) is 3.88. The Labute approximate surface area is 101 Å². The van der Waals surface area contributed by atoms with E-state index in [0.717, 1.165) is 5.92 Å². The normalized spacial score (nSPS) is 27.5. The van der Waals surface area contributed by atoms with Crippen molar-refractivity contribution in [1.29, 1.82) is 0 Å². The lowest BCUT2D eigenvalue weighted by Crippen LogP contribution is -2.47. The molecule has 16 heavy (non-hydrogen) atoms. The van der Waals surface area contributed by atoms with E-state index < -0.39 is 0 Å². The molecule has 0 radical (unpaired) electrons. The Morgan fingerprint density at radius 3 is 1.88 bits per heavy atom. The molecule has 1 rings (SSSR count). The lowest BCUT2D eigenvalue weighted by atomic mass is 9.71. The van der Waals surface area contributed by atoms with Crippen LogP contribution in [-0.4, -0.2) is 11.6 Å². The lowest BCUT2D eigenvalue weighted by Gasteiger charge is -2.39. The van der Waals surface area contributed by atoms with E-state index >= 15 is 0 Å². The molecular formula is C15H27N. The molecule has 0 unspecified atom stereocenters. The van der Waals surface area contributed by atoms with Crippen molar-refractivity contribution in [2.75, 3.05) is 0 Å². The molecule has 0 aromatic carbocycles. The molecular weight excluding hydrogens is 194 g/mol. The molecule has 0 saturated heterocycles. The van der Waals surface area contributed by atoms with Gasteiger partial charge in [0.05, 0.1) is 5.54 Å². The van der Waals surface area contributed by atoms with Gasteiger partial charge in [-0.15, -0.1) is 6.42 Å². The molecule has 0 aromatic heterocycles. The number of terminal acetylenes is 1. The highest BCUT2D eigenvalue weighted by atomic mass is 15.0. The summed E-state index contributed by atoms with van der Waals surface area (Å²) in [6.45, 7) is 11.2. The zero-order chi connectivity index (χ0) is 12.4. The number of hydrogen-bond acceptors (Lipinski definition) is 1. The van der Waals surface area contributed by atoms with E-state index in [1.54, 1.807) is 0 Å². The van der Waals surface area contributed by atoms with Crippen molar-refractivity contribution < 1.29 is 0 Å². The highest BCUT2D eigenvalue weighted by molar-refractivity contribution is 5.08. The fourth-order valence-electron chi connectivity index (χ4n) is 2.66. The standard InChI is InChI=1S/C15H27N/c1-7-15(5,6)16-13-10-8-12(9-11-13)14(2,3)4/h1,12-13,16H,8-11H2,2-6H3. The molecule has 1 aliphatic rings. The Kier molecular flexibility index (Phi) is 4.07. The molecule has 0 bridgehead atoms. The Morgan fingerprint density at radius 1 is 1.00 bits per heavy atom. The van der Waals surface area contributed by atoms with Crippen LogP contribution in [0.4, 0.5) is 0 Å². The monoisotopic (exact) mass is 221 g/mol. The summed E-state index contributed by atoms with van der Waals surface area (Å²) < 4.78 is 0. The summed E-state index contributed by atoms with van der Waals surface area (Å²) in [7, 11) is 0. The maximum atomic E-state index is 5.51. The number of rotatable bonds is 2. The summed E-state index contributed by atoms with van der Waals surface area (Å²) in [4.78, 5) is 0. The van der Waals surface area contributed by atoms with Gasteiger partial charge in [-0.3, -0.25) is 5.32 Å². The SMILES string of the molecule is C#CC(C)(C)NC1CCC(C(C)(C)C)CC1. The topological polar surface area (TPSA) is 12.0 Å². The first kappa shape index (κ1) is 13.6. The molecule has 1 aliphatic carbocycles. The smallest absolute Gasteiger partial charge is 0.0743 e. The van der Waals surface area contributed by atoms with E-state index in [4.69, 9.17) is 6.42 Å². The van der Waals surface area contributed by atoms with Crippen LogP contribution in [0.25, 0.3) is 0 Å². The van der Waals surface area contributed by atoms with Gasteiger partial charge in [-0.05, 0) is 50.9 Å². The molecule has 1 fully saturated rings. The van der Waals surface area contributed by atoms with Crippen LogP contribution in [0.2, 0.25) is 0 Å². The van der Waals surface area contributed by atoms with E-state index in [1.807, 2.05) is 0 Å². The maximum Gasteiger partial charge on any atom is 0.0743 e. The fourth-order valence-corrected chi connectivity index (χ4v) is 2.66. The maximum absolute atomic E-state index is 5.51. The molecule has 0 aromatic rings. The number of nitrogens with one attached hydrogen (secondary N) is 1. The van der Waals surface area contributed by atoms with Crippen molar-refractivity contribution in [3.63, 3.8) is 0 Å². The third-order valence-corrected chi connectivity index (χ3v) is 3.88. The Hall–Kier alpha value is -0.480. The van der Waals surface area contributed by atoms with Gasteiger partial charge in [0.2, 0.25) is 0 Å². The summed E-state index contributed by atoms with van der Waals surface area (Å²) in [6.07, 6.45) is 10.7. The fraction of sp³-hybridized carbons (Fsp3) is 0.867. The van der Waals surface area contributed by atoms with Gasteiger partial charge in [0.1, 0.15) is 0 Å². The molecule has 1 heteroatoms. The predicted octanol–water partition coefficient (Wildman–Crippen LogP) is 3.59. The minimum atomic E-state index is -0.154. The summed E-state index contributed by atoms with van der Waals surface area (Å²) in [5.41, 5.74) is 0.311. The Balaban J connectivity index is 2.42. The minimum absolute atomic E-state index is 0.154. The van der Waals surface area contributed by atoms with Crippen molar-refractivity contribution in [2.45, 2.75) is 71.9 Å². The lowest BCUT2D eigenvalue weighted by molar-refractivity contribution is 0.154. The first-order valence-electron chi connectivity index (χ1n) is 6.50. The molecule has 0 atom stereocenters. The third kappa shape index (κ3) is 3.83. The molecule has 0 spiro atoms. The molecule has 92 valence electrons. The quantitative estimate of drug-likeness (QED) is 0.703. The van der Waals surface area contributed by atoms with Gasteiger partial charge in [0.25, 0.3) is 0 Å². The van der Waals surface area contributed by atoms with Crippen molar-refractivity contribution in [1.82, 2.24) is 5.32 Å². The molecule has 1 nitrogen and oxygen atoms in total. The van der Waals surface area contributed by atoms with Gasteiger partial charge in [-0.25, -0.2) is 0 Å². The van der Waals surface area contributed by atoms with E-state index in [1.165, 1.54) is 25.7 Å². The van der Waals surface area contributed by atoms with Crippen LogP contribution < -0.4 is 5.32 Å². The second kappa shape index (κ2) is 4.80.